The predicted octanol–water partition coefficient (Wildman–Crippen LogP) is 1.77. The highest BCUT2D eigenvalue weighted by Gasteiger charge is 2.08. The number of carbonyl (C=O) groups is 1. The van der Waals surface area contributed by atoms with Crippen molar-refractivity contribution in [2.24, 2.45) is 7.05 Å². The molecule has 1 aromatic carbocycles. The van der Waals surface area contributed by atoms with Crippen LogP contribution in [0, 0.1) is 0 Å². The van der Waals surface area contributed by atoms with E-state index in [0.29, 0.717) is 17.8 Å². The molecule has 0 spiro atoms. The number of hydrogen-bond acceptors (Lipinski definition) is 3. The van der Waals surface area contributed by atoms with Gasteiger partial charge in [-0.15, -0.1) is 0 Å². The summed E-state index contributed by atoms with van der Waals surface area (Å²) in [7, 11) is 1.87. The number of hydrogen-bond donors (Lipinski definition) is 2. The first kappa shape index (κ1) is 12.2. The number of rotatable bonds is 5. The third kappa shape index (κ3) is 2.88. The maximum atomic E-state index is 11.0. The molecule has 94 valence electrons. The van der Waals surface area contributed by atoms with Gasteiger partial charge in [-0.3, -0.25) is 4.68 Å². The van der Waals surface area contributed by atoms with Gasteiger partial charge in [-0.2, -0.15) is 5.10 Å². The number of benzene rings is 1. The topological polar surface area (TPSA) is 67.2 Å². The van der Waals surface area contributed by atoms with Crippen molar-refractivity contribution >= 4 is 11.7 Å². The average Bonchev–Trinajstić information content (AvgIpc) is 2.75. The lowest BCUT2D eigenvalue weighted by atomic mass is 10.1. The van der Waals surface area contributed by atoms with Crippen molar-refractivity contribution in [3.63, 3.8) is 0 Å². The summed E-state index contributed by atoms with van der Waals surface area (Å²) >= 11 is 0. The highest BCUT2D eigenvalue weighted by molar-refractivity contribution is 5.94. The molecule has 0 radical (unpaired) electrons. The standard InChI is InChI=1S/C13H15N3O2/c1-16-9-7-10(15-16)6-8-14-12-5-3-2-4-11(12)13(17)18/h2-5,7,9,14H,6,8H2,1H3,(H,17,18). The number of anilines is 1. The highest BCUT2D eigenvalue weighted by atomic mass is 16.4. The van der Waals surface area contributed by atoms with E-state index in [9.17, 15) is 4.79 Å². The normalized spacial score (nSPS) is 10.3. The van der Waals surface area contributed by atoms with Crippen LogP contribution in [0.4, 0.5) is 5.69 Å². The summed E-state index contributed by atoms with van der Waals surface area (Å²) in [6.45, 7) is 0.654. The number of carboxylic acid groups (broad SMARTS) is 1. The van der Waals surface area contributed by atoms with E-state index in [0.717, 1.165) is 12.1 Å². The van der Waals surface area contributed by atoms with Gasteiger partial charge in [0.15, 0.2) is 0 Å². The van der Waals surface area contributed by atoms with E-state index in [4.69, 9.17) is 5.11 Å². The zero-order valence-electron chi connectivity index (χ0n) is 10.1. The van der Waals surface area contributed by atoms with Crippen LogP contribution in [0.2, 0.25) is 0 Å². The largest absolute Gasteiger partial charge is 0.478 e. The Kier molecular flexibility index (Phi) is 3.62. The molecule has 1 heterocycles. The van der Waals surface area contributed by atoms with Crippen molar-refractivity contribution < 1.29 is 9.90 Å². The summed E-state index contributed by atoms with van der Waals surface area (Å²) in [6.07, 6.45) is 2.65. The van der Waals surface area contributed by atoms with E-state index in [1.165, 1.54) is 0 Å². The molecule has 1 aromatic heterocycles. The number of para-hydroxylation sites is 1. The monoisotopic (exact) mass is 245 g/mol. The van der Waals surface area contributed by atoms with Crippen LogP contribution in [0.25, 0.3) is 0 Å². The molecule has 0 saturated heterocycles. The van der Waals surface area contributed by atoms with E-state index in [-0.39, 0.29) is 0 Å². The van der Waals surface area contributed by atoms with Gasteiger partial charge >= 0.3 is 5.97 Å². The Balaban J connectivity index is 1.96. The Morgan fingerprint density at radius 2 is 2.17 bits per heavy atom. The van der Waals surface area contributed by atoms with E-state index in [1.54, 1.807) is 22.9 Å². The average molecular weight is 245 g/mol. The van der Waals surface area contributed by atoms with E-state index < -0.39 is 5.97 Å². The van der Waals surface area contributed by atoms with Crippen LogP contribution in [0.5, 0.6) is 0 Å². The zero-order chi connectivity index (χ0) is 13.0. The molecule has 2 rings (SSSR count). The van der Waals surface area contributed by atoms with Crippen LogP contribution in [0.1, 0.15) is 16.1 Å². The summed E-state index contributed by atoms with van der Waals surface area (Å²) in [6, 6.07) is 8.83. The molecule has 0 fully saturated rings. The Morgan fingerprint density at radius 1 is 1.39 bits per heavy atom. The fraction of sp³-hybridized carbons (Fsp3) is 0.231. The molecule has 0 unspecified atom stereocenters. The van der Waals surface area contributed by atoms with Gasteiger partial charge in [-0.25, -0.2) is 4.79 Å². The number of carboxylic acids is 1. The molecular formula is C13H15N3O2. The second kappa shape index (κ2) is 5.35. The lowest BCUT2D eigenvalue weighted by Crippen LogP contribution is -2.09. The number of nitrogens with zero attached hydrogens (tertiary/aromatic N) is 2. The third-order valence-corrected chi connectivity index (χ3v) is 2.62. The maximum absolute atomic E-state index is 11.0. The smallest absolute Gasteiger partial charge is 0.337 e. The van der Waals surface area contributed by atoms with E-state index in [1.807, 2.05) is 25.4 Å². The fourth-order valence-corrected chi connectivity index (χ4v) is 1.75. The molecule has 0 saturated carbocycles. The Hall–Kier alpha value is -2.30. The minimum atomic E-state index is -0.920. The number of aromatic carboxylic acids is 1. The van der Waals surface area contributed by atoms with Gasteiger partial charge in [0.05, 0.1) is 11.3 Å². The summed E-state index contributed by atoms with van der Waals surface area (Å²) < 4.78 is 1.75. The summed E-state index contributed by atoms with van der Waals surface area (Å²) in [5.41, 5.74) is 1.91. The highest BCUT2D eigenvalue weighted by Crippen LogP contribution is 2.14. The fourth-order valence-electron chi connectivity index (χ4n) is 1.75. The van der Waals surface area contributed by atoms with Crippen molar-refractivity contribution in [2.45, 2.75) is 6.42 Å². The predicted molar refractivity (Wildman–Crippen MR) is 68.8 cm³/mol. The van der Waals surface area contributed by atoms with E-state index >= 15 is 0 Å². The third-order valence-electron chi connectivity index (χ3n) is 2.62. The van der Waals surface area contributed by atoms with Gasteiger partial charge in [0.25, 0.3) is 0 Å². The first-order valence-corrected chi connectivity index (χ1v) is 5.71. The van der Waals surface area contributed by atoms with Crippen molar-refractivity contribution in [3.8, 4) is 0 Å². The Bertz CT molecular complexity index is 549. The summed E-state index contributed by atoms with van der Waals surface area (Å²) in [5, 5.41) is 16.4. The van der Waals surface area contributed by atoms with Crippen LogP contribution in [-0.4, -0.2) is 27.4 Å². The SMILES string of the molecule is Cn1ccc(CCNc2ccccc2C(=O)O)n1. The lowest BCUT2D eigenvalue weighted by Gasteiger charge is -2.08. The van der Waals surface area contributed by atoms with Gasteiger partial charge in [0.1, 0.15) is 0 Å². The Morgan fingerprint density at radius 3 is 2.83 bits per heavy atom. The second-order valence-electron chi connectivity index (χ2n) is 4.01. The Labute approximate surface area is 105 Å². The van der Waals surface area contributed by atoms with Gasteiger partial charge in [0, 0.05) is 31.9 Å². The van der Waals surface area contributed by atoms with Crippen molar-refractivity contribution in [3.05, 3.63) is 47.8 Å². The first-order chi connectivity index (χ1) is 8.66. The molecule has 2 N–H and O–H groups in total. The van der Waals surface area contributed by atoms with Crippen LogP contribution in [0.3, 0.4) is 0 Å². The number of aromatic nitrogens is 2. The first-order valence-electron chi connectivity index (χ1n) is 5.71. The maximum Gasteiger partial charge on any atom is 0.337 e. The van der Waals surface area contributed by atoms with Gasteiger partial charge in [0.2, 0.25) is 0 Å². The molecule has 5 nitrogen and oxygen atoms in total. The summed E-state index contributed by atoms with van der Waals surface area (Å²) in [4.78, 5) is 11.0. The lowest BCUT2D eigenvalue weighted by molar-refractivity contribution is 0.0698. The van der Waals surface area contributed by atoms with Gasteiger partial charge < -0.3 is 10.4 Å². The minimum absolute atomic E-state index is 0.290. The quantitative estimate of drug-likeness (QED) is 0.842. The molecule has 0 amide bonds. The molecular weight excluding hydrogens is 230 g/mol. The van der Waals surface area contributed by atoms with Crippen LogP contribution in [0.15, 0.2) is 36.5 Å². The number of nitrogens with one attached hydrogen (secondary N) is 1. The second-order valence-corrected chi connectivity index (χ2v) is 4.01. The molecule has 0 atom stereocenters. The molecule has 0 bridgehead atoms. The van der Waals surface area contributed by atoms with E-state index in [2.05, 4.69) is 10.4 Å². The van der Waals surface area contributed by atoms with Crippen molar-refractivity contribution in [2.75, 3.05) is 11.9 Å². The minimum Gasteiger partial charge on any atom is -0.478 e. The number of aryl methyl sites for hydroxylation is 1. The molecule has 0 aliphatic carbocycles. The summed E-state index contributed by atoms with van der Waals surface area (Å²) in [5.74, 6) is -0.920. The van der Waals surface area contributed by atoms with Crippen LogP contribution >= 0.6 is 0 Å². The van der Waals surface area contributed by atoms with Crippen molar-refractivity contribution in [1.29, 1.82) is 0 Å². The molecule has 18 heavy (non-hydrogen) atoms. The molecule has 0 aliphatic heterocycles. The van der Waals surface area contributed by atoms with Crippen LogP contribution < -0.4 is 5.32 Å². The van der Waals surface area contributed by atoms with Gasteiger partial charge in [-0.1, -0.05) is 12.1 Å². The van der Waals surface area contributed by atoms with Crippen molar-refractivity contribution in [1.82, 2.24) is 9.78 Å². The molecule has 2 aromatic rings. The van der Waals surface area contributed by atoms with Crippen LogP contribution in [-0.2, 0) is 13.5 Å². The molecule has 0 aliphatic rings. The zero-order valence-corrected chi connectivity index (χ0v) is 10.1. The molecule has 5 heteroatoms. The van der Waals surface area contributed by atoms with Gasteiger partial charge in [-0.05, 0) is 18.2 Å².